The van der Waals surface area contributed by atoms with Crippen molar-refractivity contribution in [3.8, 4) is 0 Å². The quantitative estimate of drug-likeness (QED) is 0.435. The van der Waals surface area contributed by atoms with Crippen molar-refractivity contribution in [1.29, 1.82) is 0 Å². The van der Waals surface area contributed by atoms with Gasteiger partial charge < -0.3 is 15.1 Å². The summed E-state index contributed by atoms with van der Waals surface area (Å²) in [5.41, 5.74) is 4.05. The van der Waals surface area contributed by atoms with Gasteiger partial charge in [0.25, 0.3) is 0 Å². The van der Waals surface area contributed by atoms with Crippen LogP contribution in [-0.2, 0) is 17.9 Å². The van der Waals surface area contributed by atoms with Gasteiger partial charge in [-0.2, -0.15) is 0 Å². The van der Waals surface area contributed by atoms with Crippen LogP contribution in [0.25, 0.3) is 0 Å². The highest BCUT2D eigenvalue weighted by Gasteiger charge is 2.29. The van der Waals surface area contributed by atoms with Crippen LogP contribution in [0.4, 0.5) is 10.5 Å². The van der Waals surface area contributed by atoms with E-state index in [-0.39, 0.29) is 18.5 Å². The zero-order valence-electron chi connectivity index (χ0n) is 19.3. The number of anilines is 1. The van der Waals surface area contributed by atoms with Crippen molar-refractivity contribution < 1.29 is 9.59 Å². The standard InChI is InChI=1S/C27H31N3O2S/c1-20-8-6-12-25(21(20)2)28-27(32)30(17-23-13-14-23)19-26(31)29(18-24-11-7-15-33-24)16-22-9-4-3-5-10-22/h3-12,15,23H,13-14,16-19H2,1-2H3,(H,28,32). The third kappa shape index (κ3) is 6.45. The van der Waals surface area contributed by atoms with Crippen LogP contribution in [0.15, 0.2) is 66.0 Å². The molecule has 0 bridgehead atoms. The summed E-state index contributed by atoms with van der Waals surface area (Å²) < 4.78 is 0. The van der Waals surface area contributed by atoms with Gasteiger partial charge in [-0.3, -0.25) is 4.79 Å². The van der Waals surface area contributed by atoms with Crippen molar-refractivity contribution in [2.75, 3.05) is 18.4 Å². The van der Waals surface area contributed by atoms with Gasteiger partial charge in [-0.25, -0.2) is 4.79 Å². The van der Waals surface area contributed by atoms with Crippen LogP contribution in [0.3, 0.4) is 0 Å². The molecule has 33 heavy (non-hydrogen) atoms. The topological polar surface area (TPSA) is 52.7 Å². The molecule has 172 valence electrons. The van der Waals surface area contributed by atoms with Crippen molar-refractivity contribution in [2.45, 2.75) is 39.8 Å². The van der Waals surface area contributed by atoms with E-state index in [1.807, 2.05) is 84.8 Å². The van der Waals surface area contributed by atoms with Crippen LogP contribution in [-0.4, -0.2) is 34.8 Å². The van der Waals surface area contributed by atoms with Crippen LogP contribution in [0.2, 0.25) is 0 Å². The fourth-order valence-electron chi connectivity index (χ4n) is 3.80. The summed E-state index contributed by atoms with van der Waals surface area (Å²) in [6.45, 7) is 5.78. The van der Waals surface area contributed by atoms with Crippen LogP contribution in [0, 0.1) is 19.8 Å². The second-order valence-corrected chi connectivity index (χ2v) is 9.85. The molecule has 1 heterocycles. The minimum atomic E-state index is -0.209. The minimum absolute atomic E-state index is 0.0379. The summed E-state index contributed by atoms with van der Waals surface area (Å²) in [7, 11) is 0. The third-order valence-electron chi connectivity index (χ3n) is 6.13. The highest BCUT2D eigenvalue weighted by molar-refractivity contribution is 7.09. The Bertz CT molecular complexity index is 1080. The van der Waals surface area contributed by atoms with Gasteiger partial charge >= 0.3 is 6.03 Å². The number of urea groups is 1. The van der Waals surface area contributed by atoms with Crippen molar-refractivity contribution in [3.05, 3.63) is 87.6 Å². The van der Waals surface area contributed by atoms with E-state index < -0.39 is 0 Å². The summed E-state index contributed by atoms with van der Waals surface area (Å²) in [6, 6.07) is 19.7. The number of thiophene rings is 1. The first-order chi connectivity index (χ1) is 16.0. The van der Waals surface area contributed by atoms with Gasteiger partial charge in [0, 0.05) is 23.7 Å². The van der Waals surface area contributed by atoms with E-state index in [1.165, 1.54) is 0 Å². The largest absolute Gasteiger partial charge is 0.332 e. The maximum Gasteiger partial charge on any atom is 0.322 e. The lowest BCUT2D eigenvalue weighted by atomic mass is 10.1. The molecular weight excluding hydrogens is 430 g/mol. The number of hydrogen-bond acceptors (Lipinski definition) is 3. The summed E-state index contributed by atoms with van der Waals surface area (Å²) >= 11 is 1.64. The Kier molecular flexibility index (Phi) is 7.45. The molecule has 1 aromatic heterocycles. The van der Waals surface area contributed by atoms with Gasteiger partial charge in [-0.05, 0) is 66.8 Å². The molecule has 1 aliphatic carbocycles. The summed E-state index contributed by atoms with van der Waals surface area (Å²) in [5.74, 6) is 0.450. The molecule has 0 saturated heterocycles. The van der Waals surface area contributed by atoms with E-state index >= 15 is 0 Å². The fourth-order valence-corrected chi connectivity index (χ4v) is 4.52. The lowest BCUT2D eigenvalue weighted by Crippen LogP contribution is -2.45. The van der Waals surface area contributed by atoms with E-state index in [4.69, 9.17) is 0 Å². The number of aryl methyl sites for hydroxylation is 1. The Labute approximate surface area is 200 Å². The zero-order chi connectivity index (χ0) is 23.2. The van der Waals surface area contributed by atoms with E-state index in [9.17, 15) is 9.59 Å². The van der Waals surface area contributed by atoms with Gasteiger partial charge in [-0.15, -0.1) is 11.3 Å². The highest BCUT2D eigenvalue weighted by atomic mass is 32.1. The predicted molar refractivity (Wildman–Crippen MR) is 134 cm³/mol. The molecule has 6 heteroatoms. The molecule has 1 saturated carbocycles. The zero-order valence-corrected chi connectivity index (χ0v) is 20.1. The number of nitrogens with zero attached hydrogens (tertiary/aromatic N) is 2. The number of nitrogens with one attached hydrogen (secondary N) is 1. The number of carbonyl (C=O) groups excluding carboxylic acids is 2. The Balaban J connectivity index is 1.49. The van der Waals surface area contributed by atoms with Crippen LogP contribution in [0.1, 0.15) is 34.4 Å². The highest BCUT2D eigenvalue weighted by Crippen LogP contribution is 2.30. The molecular formula is C27H31N3O2S. The lowest BCUT2D eigenvalue weighted by molar-refractivity contribution is -0.133. The predicted octanol–water partition coefficient (Wildman–Crippen LogP) is 5.84. The molecule has 1 aliphatic rings. The number of carbonyl (C=O) groups is 2. The third-order valence-corrected chi connectivity index (χ3v) is 6.99. The second-order valence-electron chi connectivity index (χ2n) is 8.82. The monoisotopic (exact) mass is 461 g/mol. The number of benzene rings is 2. The molecule has 1 N–H and O–H groups in total. The van der Waals surface area contributed by atoms with Gasteiger partial charge in [0.2, 0.25) is 5.91 Å². The maximum atomic E-state index is 13.5. The Hall–Kier alpha value is -3.12. The van der Waals surface area contributed by atoms with Gasteiger partial charge in [0.1, 0.15) is 6.54 Å². The lowest BCUT2D eigenvalue weighted by Gasteiger charge is -2.28. The Morgan fingerprint density at radius 2 is 1.73 bits per heavy atom. The van der Waals surface area contributed by atoms with Crippen molar-refractivity contribution >= 4 is 29.0 Å². The smallest absolute Gasteiger partial charge is 0.322 e. The first kappa shape index (κ1) is 23.1. The fraction of sp³-hybridized carbons (Fsp3) is 0.333. The molecule has 2 aromatic carbocycles. The molecule has 0 radical (unpaired) electrons. The van der Waals surface area contributed by atoms with E-state index in [0.717, 1.165) is 40.1 Å². The number of hydrogen-bond donors (Lipinski definition) is 1. The second kappa shape index (κ2) is 10.7. The number of amides is 3. The van der Waals surface area contributed by atoms with E-state index in [0.29, 0.717) is 25.6 Å². The SMILES string of the molecule is Cc1cccc(NC(=O)N(CC(=O)N(Cc2ccccc2)Cc2cccs2)CC2CC2)c1C. The summed E-state index contributed by atoms with van der Waals surface area (Å²) in [5, 5.41) is 5.07. The number of rotatable bonds is 9. The van der Waals surface area contributed by atoms with Gasteiger partial charge in [0.15, 0.2) is 0 Å². The molecule has 1 fully saturated rings. The average molecular weight is 462 g/mol. The Morgan fingerprint density at radius 3 is 2.42 bits per heavy atom. The first-order valence-corrected chi connectivity index (χ1v) is 12.3. The van der Waals surface area contributed by atoms with Crippen LogP contribution >= 0.6 is 11.3 Å². The molecule has 4 rings (SSSR count). The van der Waals surface area contributed by atoms with Gasteiger partial charge in [0.05, 0.1) is 6.54 Å². The van der Waals surface area contributed by atoms with E-state index in [1.54, 1.807) is 16.2 Å². The van der Waals surface area contributed by atoms with Crippen molar-refractivity contribution in [1.82, 2.24) is 9.80 Å². The molecule has 0 unspecified atom stereocenters. The van der Waals surface area contributed by atoms with Gasteiger partial charge in [-0.1, -0.05) is 48.5 Å². The maximum absolute atomic E-state index is 13.5. The summed E-state index contributed by atoms with van der Waals surface area (Å²) in [6.07, 6.45) is 2.23. The first-order valence-electron chi connectivity index (χ1n) is 11.5. The molecule has 3 amide bonds. The molecule has 5 nitrogen and oxygen atoms in total. The molecule has 0 aliphatic heterocycles. The average Bonchev–Trinajstić information content (AvgIpc) is 3.48. The summed E-state index contributed by atoms with van der Waals surface area (Å²) in [4.78, 5) is 31.4. The molecule has 3 aromatic rings. The molecule has 0 atom stereocenters. The van der Waals surface area contributed by atoms with Crippen LogP contribution < -0.4 is 5.32 Å². The van der Waals surface area contributed by atoms with Crippen molar-refractivity contribution in [2.24, 2.45) is 5.92 Å². The van der Waals surface area contributed by atoms with Crippen LogP contribution in [0.5, 0.6) is 0 Å². The Morgan fingerprint density at radius 1 is 0.939 bits per heavy atom. The van der Waals surface area contributed by atoms with E-state index in [2.05, 4.69) is 5.32 Å². The molecule has 0 spiro atoms. The normalized spacial score (nSPS) is 12.9. The minimum Gasteiger partial charge on any atom is -0.332 e. The van der Waals surface area contributed by atoms with Crippen molar-refractivity contribution in [3.63, 3.8) is 0 Å².